The van der Waals surface area contributed by atoms with Crippen LogP contribution < -0.4 is 10.2 Å². The zero-order chi connectivity index (χ0) is 15.2. The number of morpholine rings is 1. The Morgan fingerprint density at radius 1 is 1.24 bits per heavy atom. The number of carbonyl (C=O) groups excluding carboxylic acids is 2. The largest absolute Gasteiger partial charge is 0.378 e. The number of nitrogens with one attached hydrogen (secondary N) is 1. The summed E-state index contributed by atoms with van der Waals surface area (Å²) in [5.41, 5.74) is 1.69. The maximum Gasteiger partial charge on any atom is 0.242 e. The number of hydrogen-bond donors (Lipinski definition) is 1. The van der Waals surface area contributed by atoms with Gasteiger partial charge in [0, 0.05) is 38.4 Å². The molecule has 1 N–H and O–H groups in total. The molecule has 0 aromatic heterocycles. The Labute approximate surface area is 124 Å². The lowest BCUT2D eigenvalue weighted by Gasteiger charge is -2.27. The molecule has 114 valence electrons. The van der Waals surface area contributed by atoms with E-state index in [1.165, 1.54) is 6.92 Å². The molecule has 1 heterocycles. The third-order valence-electron chi connectivity index (χ3n) is 3.53. The minimum Gasteiger partial charge on any atom is -0.378 e. The molecule has 1 aliphatic rings. The molecule has 1 aromatic rings. The minimum atomic E-state index is -0.0156. The summed E-state index contributed by atoms with van der Waals surface area (Å²) >= 11 is 0. The molecule has 0 bridgehead atoms. The molecule has 1 fully saturated rings. The van der Waals surface area contributed by atoms with Crippen LogP contribution >= 0.6 is 0 Å². The standard InChI is InChI=1S/C15H21N3O3/c1-12(19)17(2)14-5-3-13(4-6-14)16-11-15(20)18-7-9-21-10-8-18/h3-6,16H,7-11H2,1-2H3. The maximum atomic E-state index is 12.0. The summed E-state index contributed by atoms with van der Waals surface area (Å²) in [6, 6.07) is 7.43. The number of nitrogens with zero attached hydrogens (tertiary/aromatic N) is 2. The third kappa shape index (κ3) is 4.19. The quantitative estimate of drug-likeness (QED) is 0.897. The lowest BCUT2D eigenvalue weighted by Crippen LogP contribution is -2.43. The zero-order valence-electron chi connectivity index (χ0n) is 12.5. The Morgan fingerprint density at radius 3 is 2.43 bits per heavy atom. The normalized spacial score (nSPS) is 14.7. The van der Waals surface area contributed by atoms with Crippen LogP contribution in [0.15, 0.2) is 24.3 Å². The summed E-state index contributed by atoms with van der Waals surface area (Å²) in [5.74, 6) is 0.0569. The van der Waals surface area contributed by atoms with Crippen molar-refractivity contribution < 1.29 is 14.3 Å². The van der Waals surface area contributed by atoms with Crippen LogP contribution in [0.5, 0.6) is 0 Å². The second kappa shape index (κ2) is 7.08. The first kappa shape index (κ1) is 15.3. The van der Waals surface area contributed by atoms with E-state index in [-0.39, 0.29) is 18.4 Å². The molecule has 0 atom stereocenters. The topological polar surface area (TPSA) is 61.9 Å². The average Bonchev–Trinajstić information content (AvgIpc) is 2.53. The van der Waals surface area contributed by atoms with E-state index in [4.69, 9.17) is 4.74 Å². The highest BCUT2D eigenvalue weighted by Gasteiger charge is 2.16. The number of hydrogen-bond acceptors (Lipinski definition) is 4. The van der Waals surface area contributed by atoms with Crippen molar-refractivity contribution in [1.29, 1.82) is 0 Å². The Bertz CT molecular complexity index is 495. The van der Waals surface area contributed by atoms with Gasteiger partial charge in [-0.2, -0.15) is 0 Å². The van der Waals surface area contributed by atoms with Crippen molar-refractivity contribution in [3.05, 3.63) is 24.3 Å². The Morgan fingerprint density at radius 2 is 1.86 bits per heavy atom. The van der Waals surface area contributed by atoms with E-state index in [9.17, 15) is 9.59 Å². The summed E-state index contributed by atoms with van der Waals surface area (Å²) in [6.45, 7) is 4.32. The first-order chi connectivity index (χ1) is 10.1. The van der Waals surface area contributed by atoms with Crippen molar-refractivity contribution in [3.63, 3.8) is 0 Å². The number of rotatable bonds is 4. The molecule has 1 aromatic carbocycles. The molecule has 6 heteroatoms. The van der Waals surface area contributed by atoms with Crippen LogP contribution in [0.4, 0.5) is 11.4 Å². The van der Waals surface area contributed by atoms with Crippen molar-refractivity contribution in [3.8, 4) is 0 Å². The van der Waals surface area contributed by atoms with Crippen LogP contribution in [0.2, 0.25) is 0 Å². The van der Waals surface area contributed by atoms with Gasteiger partial charge in [0.1, 0.15) is 0 Å². The summed E-state index contributed by atoms with van der Waals surface area (Å²) in [6.07, 6.45) is 0. The van der Waals surface area contributed by atoms with E-state index in [2.05, 4.69) is 5.32 Å². The minimum absolute atomic E-state index is 0.0156. The molecule has 0 unspecified atom stereocenters. The highest BCUT2D eigenvalue weighted by molar-refractivity contribution is 5.91. The van der Waals surface area contributed by atoms with Gasteiger partial charge >= 0.3 is 0 Å². The number of benzene rings is 1. The monoisotopic (exact) mass is 291 g/mol. The molecule has 1 aliphatic heterocycles. The number of ether oxygens (including phenoxy) is 1. The van der Waals surface area contributed by atoms with Gasteiger partial charge in [-0.25, -0.2) is 0 Å². The van der Waals surface area contributed by atoms with Gasteiger partial charge in [-0.3, -0.25) is 9.59 Å². The molecule has 0 radical (unpaired) electrons. The van der Waals surface area contributed by atoms with E-state index < -0.39 is 0 Å². The van der Waals surface area contributed by atoms with Crippen molar-refractivity contribution in [1.82, 2.24) is 4.90 Å². The second-order valence-corrected chi connectivity index (χ2v) is 4.97. The van der Waals surface area contributed by atoms with Gasteiger partial charge in [0.2, 0.25) is 11.8 Å². The fourth-order valence-corrected chi connectivity index (χ4v) is 2.09. The van der Waals surface area contributed by atoms with E-state index in [0.29, 0.717) is 26.3 Å². The summed E-state index contributed by atoms with van der Waals surface area (Å²) in [7, 11) is 1.73. The van der Waals surface area contributed by atoms with Gasteiger partial charge in [0.25, 0.3) is 0 Å². The molecule has 2 rings (SSSR count). The van der Waals surface area contributed by atoms with Gasteiger partial charge in [0.05, 0.1) is 19.8 Å². The van der Waals surface area contributed by atoms with Crippen LogP contribution in [0.3, 0.4) is 0 Å². The number of carbonyl (C=O) groups is 2. The van der Waals surface area contributed by atoms with Crippen LogP contribution in [-0.4, -0.2) is 56.6 Å². The molecule has 21 heavy (non-hydrogen) atoms. The number of amides is 2. The Kier molecular flexibility index (Phi) is 5.16. The summed E-state index contributed by atoms with van der Waals surface area (Å²) in [5, 5.41) is 3.10. The first-order valence-corrected chi connectivity index (χ1v) is 7.01. The smallest absolute Gasteiger partial charge is 0.242 e. The first-order valence-electron chi connectivity index (χ1n) is 7.01. The molecule has 0 aliphatic carbocycles. The summed E-state index contributed by atoms with van der Waals surface area (Å²) in [4.78, 5) is 26.6. The highest BCUT2D eigenvalue weighted by Crippen LogP contribution is 2.16. The van der Waals surface area contributed by atoms with E-state index in [1.807, 2.05) is 24.3 Å². The molecule has 0 saturated carbocycles. The Hall–Kier alpha value is -2.08. The van der Waals surface area contributed by atoms with Crippen molar-refractivity contribution in [2.24, 2.45) is 0 Å². The van der Waals surface area contributed by atoms with Gasteiger partial charge in [0.15, 0.2) is 0 Å². The van der Waals surface area contributed by atoms with Gasteiger partial charge in [-0.05, 0) is 24.3 Å². The van der Waals surface area contributed by atoms with Crippen molar-refractivity contribution in [2.45, 2.75) is 6.92 Å². The molecule has 6 nitrogen and oxygen atoms in total. The molecule has 0 spiro atoms. The SMILES string of the molecule is CC(=O)N(C)c1ccc(NCC(=O)N2CCOCC2)cc1. The average molecular weight is 291 g/mol. The fraction of sp³-hybridized carbons (Fsp3) is 0.467. The second-order valence-electron chi connectivity index (χ2n) is 4.97. The van der Waals surface area contributed by atoms with E-state index >= 15 is 0 Å². The molecule has 2 amide bonds. The molecule has 1 saturated heterocycles. The van der Waals surface area contributed by atoms with Gasteiger partial charge in [-0.1, -0.05) is 0 Å². The van der Waals surface area contributed by atoms with Crippen LogP contribution in [0, 0.1) is 0 Å². The maximum absolute atomic E-state index is 12.0. The fourth-order valence-electron chi connectivity index (χ4n) is 2.09. The Balaban J connectivity index is 1.85. The van der Waals surface area contributed by atoms with Crippen LogP contribution in [-0.2, 0) is 14.3 Å². The van der Waals surface area contributed by atoms with Crippen molar-refractivity contribution >= 4 is 23.2 Å². The molecular formula is C15H21N3O3. The van der Waals surface area contributed by atoms with Crippen molar-refractivity contribution in [2.75, 3.05) is 50.1 Å². The van der Waals surface area contributed by atoms with Crippen LogP contribution in [0.25, 0.3) is 0 Å². The van der Waals surface area contributed by atoms with E-state index in [0.717, 1.165) is 11.4 Å². The summed E-state index contributed by atoms with van der Waals surface area (Å²) < 4.78 is 5.22. The lowest BCUT2D eigenvalue weighted by atomic mass is 10.2. The predicted octanol–water partition coefficient (Wildman–Crippen LogP) is 0.940. The predicted molar refractivity (Wildman–Crippen MR) is 81.4 cm³/mol. The third-order valence-corrected chi connectivity index (χ3v) is 3.53. The number of anilines is 2. The van der Waals surface area contributed by atoms with Gasteiger partial charge < -0.3 is 19.9 Å². The van der Waals surface area contributed by atoms with E-state index in [1.54, 1.807) is 16.8 Å². The van der Waals surface area contributed by atoms with Crippen LogP contribution in [0.1, 0.15) is 6.92 Å². The molecular weight excluding hydrogens is 270 g/mol. The lowest BCUT2D eigenvalue weighted by molar-refractivity contribution is -0.133. The zero-order valence-corrected chi connectivity index (χ0v) is 12.5. The highest BCUT2D eigenvalue weighted by atomic mass is 16.5. The van der Waals surface area contributed by atoms with Gasteiger partial charge in [-0.15, -0.1) is 0 Å².